The van der Waals surface area contributed by atoms with Crippen LogP contribution in [0.4, 0.5) is 0 Å². The molecular formula is C10H13N5O3. The second-order valence-corrected chi connectivity index (χ2v) is 3.86. The normalized spacial score (nSPS) is 17.3. The van der Waals surface area contributed by atoms with Gasteiger partial charge >= 0.3 is 5.97 Å². The van der Waals surface area contributed by atoms with Crippen molar-refractivity contribution >= 4 is 5.97 Å². The molecule has 0 N–H and O–H groups in total. The van der Waals surface area contributed by atoms with Crippen LogP contribution in [0, 0.1) is 5.92 Å². The molecule has 8 heteroatoms. The van der Waals surface area contributed by atoms with Gasteiger partial charge in [-0.05, 0) is 12.5 Å². The smallest absolute Gasteiger partial charge is 0.358 e. The first-order chi connectivity index (χ1) is 8.74. The van der Waals surface area contributed by atoms with Crippen LogP contribution in [0.5, 0.6) is 5.88 Å². The summed E-state index contributed by atoms with van der Waals surface area (Å²) in [6.45, 7) is 3.41. The summed E-state index contributed by atoms with van der Waals surface area (Å²) in [5.41, 5.74) is 8.49. The van der Waals surface area contributed by atoms with Crippen LogP contribution >= 0.6 is 0 Å². The van der Waals surface area contributed by atoms with E-state index in [1.807, 2.05) is 0 Å². The standard InChI is InChI=1S/C10H13N5O3/c1-2-17-10(16)8-3-9-15(13-8)5-7(6-18-9)4-12-14-11/h3,7H,2,4-6H2,1H3. The highest BCUT2D eigenvalue weighted by molar-refractivity contribution is 5.87. The quantitative estimate of drug-likeness (QED) is 0.349. The van der Waals surface area contributed by atoms with E-state index in [4.69, 9.17) is 15.0 Å². The first-order valence-electron chi connectivity index (χ1n) is 5.63. The summed E-state index contributed by atoms with van der Waals surface area (Å²) in [5.74, 6) is 0.146. The number of nitrogens with zero attached hydrogens (tertiary/aromatic N) is 5. The number of fused-ring (bicyclic) bond motifs is 1. The maximum atomic E-state index is 11.5. The van der Waals surface area contributed by atoms with Crippen molar-refractivity contribution in [1.29, 1.82) is 0 Å². The number of carbonyl (C=O) groups is 1. The van der Waals surface area contributed by atoms with Crippen LogP contribution in [0.25, 0.3) is 10.4 Å². The van der Waals surface area contributed by atoms with E-state index in [2.05, 4.69) is 15.1 Å². The number of hydrogen-bond donors (Lipinski definition) is 0. The molecule has 0 saturated heterocycles. The SMILES string of the molecule is CCOC(=O)c1cc2n(n1)CC(CN=[N+]=[N-])CO2. The molecule has 1 atom stereocenters. The molecular weight excluding hydrogens is 238 g/mol. The van der Waals surface area contributed by atoms with E-state index in [0.717, 1.165) is 0 Å². The third-order valence-corrected chi connectivity index (χ3v) is 2.53. The number of ether oxygens (including phenoxy) is 2. The van der Waals surface area contributed by atoms with E-state index in [-0.39, 0.29) is 11.6 Å². The Balaban J connectivity index is 2.08. The average Bonchev–Trinajstić information content (AvgIpc) is 2.79. The van der Waals surface area contributed by atoms with Gasteiger partial charge in [0.15, 0.2) is 5.69 Å². The van der Waals surface area contributed by atoms with Crippen molar-refractivity contribution in [3.05, 3.63) is 22.2 Å². The third kappa shape index (κ3) is 2.54. The Morgan fingerprint density at radius 1 is 1.83 bits per heavy atom. The highest BCUT2D eigenvalue weighted by atomic mass is 16.5. The molecule has 0 bridgehead atoms. The van der Waals surface area contributed by atoms with Crippen LogP contribution in [0.2, 0.25) is 0 Å². The zero-order chi connectivity index (χ0) is 13.0. The minimum absolute atomic E-state index is 0.0725. The number of hydrogen-bond acceptors (Lipinski definition) is 5. The van der Waals surface area contributed by atoms with Crippen molar-refractivity contribution in [1.82, 2.24) is 9.78 Å². The molecule has 2 heterocycles. The molecule has 1 unspecified atom stereocenters. The molecule has 0 saturated carbocycles. The fourth-order valence-electron chi connectivity index (χ4n) is 1.71. The van der Waals surface area contributed by atoms with Crippen molar-refractivity contribution in [2.75, 3.05) is 19.8 Å². The monoisotopic (exact) mass is 251 g/mol. The van der Waals surface area contributed by atoms with Gasteiger partial charge in [0.1, 0.15) is 0 Å². The summed E-state index contributed by atoms with van der Waals surface area (Å²) >= 11 is 0. The van der Waals surface area contributed by atoms with E-state index in [0.29, 0.717) is 32.2 Å². The summed E-state index contributed by atoms with van der Waals surface area (Å²) in [5, 5.41) is 7.62. The third-order valence-electron chi connectivity index (χ3n) is 2.53. The fourth-order valence-corrected chi connectivity index (χ4v) is 1.71. The summed E-state index contributed by atoms with van der Waals surface area (Å²) in [6.07, 6.45) is 0. The van der Waals surface area contributed by atoms with Crippen LogP contribution in [0.15, 0.2) is 11.2 Å². The lowest BCUT2D eigenvalue weighted by Crippen LogP contribution is -2.27. The van der Waals surface area contributed by atoms with Gasteiger partial charge in [-0.2, -0.15) is 5.10 Å². The van der Waals surface area contributed by atoms with E-state index in [9.17, 15) is 4.79 Å². The van der Waals surface area contributed by atoms with Gasteiger partial charge in [-0.25, -0.2) is 9.48 Å². The molecule has 8 nitrogen and oxygen atoms in total. The summed E-state index contributed by atoms with van der Waals surface area (Å²) in [7, 11) is 0. The average molecular weight is 251 g/mol. The zero-order valence-corrected chi connectivity index (χ0v) is 9.94. The number of esters is 1. The van der Waals surface area contributed by atoms with E-state index < -0.39 is 5.97 Å². The maximum Gasteiger partial charge on any atom is 0.358 e. The minimum atomic E-state index is -0.463. The van der Waals surface area contributed by atoms with Gasteiger partial charge in [0.2, 0.25) is 5.88 Å². The minimum Gasteiger partial charge on any atom is -0.477 e. The Bertz CT molecular complexity index is 492. The highest BCUT2D eigenvalue weighted by Crippen LogP contribution is 2.22. The Morgan fingerprint density at radius 2 is 2.67 bits per heavy atom. The Hall–Kier alpha value is -2.21. The Kier molecular flexibility index (Phi) is 3.69. The number of carbonyl (C=O) groups excluding carboxylic acids is 1. The van der Waals surface area contributed by atoms with Gasteiger partial charge in [0, 0.05) is 23.4 Å². The second-order valence-electron chi connectivity index (χ2n) is 3.86. The van der Waals surface area contributed by atoms with Gasteiger partial charge < -0.3 is 9.47 Å². The van der Waals surface area contributed by atoms with Crippen molar-refractivity contribution in [2.45, 2.75) is 13.5 Å². The molecule has 1 aromatic rings. The van der Waals surface area contributed by atoms with Gasteiger partial charge in [0.05, 0.1) is 19.8 Å². The summed E-state index contributed by atoms with van der Waals surface area (Å²) < 4.78 is 11.9. The van der Waals surface area contributed by atoms with Gasteiger partial charge in [0.25, 0.3) is 0 Å². The van der Waals surface area contributed by atoms with Crippen LogP contribution in [0.3, 0.4) is 0 Å². The predicted molar refractivity (Wildman–Crippen MR) is 61.2 cm³/mol. The molecule has 0 aromatic carbocycles. The number of rotatable bonds is 4. The fraction of sp³-hybridized carbons (Fsp3) is 0.600. The maximum absolute atomic E-state index is 11.5. The molecule has 18 heavy (non-hydrogen) atoms. The van der Waals surface area contributed by atoms with Crippen LogP contribution in [0.1, 0.15) is 17.4 Å². The molecule has 0 radical (unpaired) electrons. The number of azide groups is 1. The molecule has 1 aliphatic rings. The largest absolute Gasteiger partial charge is 0.477 e. The zero-order valence-electron chi connectivity index (χ0n) is 9.94. The molecule has 1 aliphatic heterocycles. The van der Waals surface area contributed by atoms with E-state index >= 15 is 0 Å². The molecule has 0 amide bonds. The van der Waals surface area contributed by atoms with Gasteiger partial charge in [-0.3, -0.25) is 0 Å². The number of aromatic nitrogens is 2. The van der Waals surface area contributed by atoms with Crippen molar-refractivity contribution < 1.29 is 14.3 Å². The topological polar surface area (TPSA) is 102 Å². The van der Waals surface area contributed by atoms with Crippen molar-refractivity contribution in [2.24, 2.45) is 11.0 Å². The van der Waals surface area contributed by atoms with Crippen LogP contribution in [-0.2, 0) is 11.3 Å². The Morgan fingerprint density at radius 3 is 3.39 bits per heavy atom. The molecule has 0 spiro atoms. The van der Waals surface area contributed by atoms with Crippen molar-refractivity contribution in [3.8, 4) is 5.88 Å². The first kappa shape index (κ1) is 12.3. The summed E-state index contributed by atoms with van der Waals surface area (Å²) in [6, 6.07) is 1.56. The lowest BCUT2D eigenvalue weighted by atomic mass is 10.1. The predicted octanol–water partition coefficient (Wildman–Crippen LogP) is 1.38. The summed E-state index contributed by atoms with van der Waals surface area (Å²) in [4.78, 5) is 14.2. The Labute approximate surface area is 103 Å². The van der Waals surface area contributed by atoms with Crippen molar-refractivity contribution in [3.63, 3.8) is 0 Å². The first-order valence-corrected chi connectivity index (χ1v) is 5.63. The molecule has 1 aromatic heterocycles. The van der Waals surface area contributed by atoms with Crippen LogP contribution in [-0.4, -0.2) is 35.5 Å². The molecule has 2 rings (SSSR count). The van der Waals surface area contributed by atoms with Gasteiger partial charge in [-0.1, -0.05) is 5.11 Å². The van der Waals surface area contributed by atoms with E-state index in [1.54, 1.807) is 17.7 Å². The second kappa shape index (κ2) is 5.42. The van der Waals surface area contributed by atoms with E-state index in [1.165, 1.54) is 0 Å². The molecule has 0 fully saturated rings. The molecule has 0 aliphatic carbocycles. The molecule has 96 valence electrons. The lowest BCUT2D eigenvalue weighted by Gasteiger charge is -2.22. The highest BCUT2D eigenvalue weighted by Gasteiger charge is 2.23. The van der Waals surface area contributed by atoms with Gasteiger partial charge in [-0.15, -0.1) is 0 Å². The lowest BCUT2D eigenvalue weighted by molar-refractivity contribution is 0.0518. The van der Waals surface area contributed by atoms with Crippen LogP contribution < -0.4 is 4.74 Å².